The monoisotopic (exact) mass is 421 g/mol. The molecule has 0 bridgehead atoms. The summed E-state index contributed by atoms with van der Waals surface area (Å²) in [6, 6.07) is 6.33. The minimum atomic E-state index is -0.278. The minimum absolute atomic E-state index is 0.117. The number of rotatable bonds is 4. The summed E-state index contributed by atoms with van der Waals surface area (Å²) in [7, 11) is 0. The standard InChI is InChI=1S/C19H17ClFN3OS2/c1-11-15(12-4-6-13(21)7-5-12)16-17(20)22-19(23-18(16)27-11)26-10-14(25)24-8-2-3-9-24/h4-7H,2-3,8-10H2,1H3. The molecule has 0 N–H and O–H groups in total. The van der Waals surface area contributed by atoms with Gasteiger partial charge < -0.3 is 4.90 Å². The van der Waals surface area contributed by atoms with Gasteiger partial charge in [0.1, 0.15) is 15.8 Å². The van der Waals surface area contributed by atoms with Gasteiger partial charge in [-0.05, 0) is 37.5 Å². The second kappa shape index (κ2) is 7.73. The van der Waals surface area contributed by atoms with Crippen LogP contribution >= 0.6 is 34.7 Å². The average Bonchev–Trinajstić information content (AvgIpc) is 3.28. The first-order valence-corrected chi connectivity index (χ1v) is 10.8. The number of amides is 1. The molecule has 1 aliphatic rings. The maximum absolute atomic E-state index is 13.3. The minimum Gasteiger partial charge on any atom is -0.342 e. The molecule has 4 nitrogen and oxygen atoms in total. The summed E-state index contributed by atoms with van der Waals surface area (Å²) in [5.41, 5.74) is 1.82. The van der Waals surface area contributed by atoms with Crippen LogP contribution in [0.25, 0.3) is 21.3 Å². The second-order valence-corrected chi connectivity index (χ2v) is 8.90. The van der Waals surface area contributed by atoms with Crippen LogP contribution in [0.3, 0.4) is 0 Å². The third-order valence-electron chi connectivity index (χ3n) is 4.58. The summed E-state index contributed by atoms with van der Waals surface area (Å²) in [6.07, 6.45) is 2.15. The number of hydrogen-bond acceptors (Lipinski definition) is 5. The van der Waals surface area contributed by atoms with Gasteiger partial charge in [-0.15, -0.1) is 11.3 Å². The van der Waals surface area contributed by atoms with Gasteiger partial charge >= 0.3 is 0 Å². The van der Waals surface area contributed by atoms with E-state index in [0.29, 0.717) is 16.1 Å². The van der Waals surface area contributed by atoms with Crippen molar-refractivity contribution in [1.82, 2.24) is 14.9 Å². The molecule has 0 atom stereocenters. The van der Waals surface area contributed by atoms with Crippen LogP contribution in [-0.2, 0) is 4.79 Å². The SMILES string of the molecule is Cc1sc2nc(SCC(=O)N3CCCC3)nc(Cl)c2c1-c1ccc(F)cc1. The molecule has 27 heavy (non-hydrogen) atoms. The van der Waals surface area contributed by atoms with Crippen molar-refractivity contribution in [2.45, 2.75) is 24.9 Å². The normalized spacial score (nSPS) is 14.3. The highest BCUT2D eigenvalue weighted by Gasteiger charge is 2.20. The predicted octanol–water partition coefficient (Wildman–Crippen LogP) is 5.17. The molecule has 0 saturated carbocycles. The van der Waals surface area contributed by atoms with Crippen LogP contribution in [0, 0.1) is 12.7 Å². The van der Waals surface area contributed by atoms with Crippen LogP contribution in [0.15, 0.2) is 29.4 Å². The summed E-state index contributed by atoms with van der Waals surface area (Å²) >= 11 is 9.32. The molecule has 3 aromatic rings. The van der Waals surface area contributed by atoms with Crippen LogP contribution in [0.2, 0.25) is 5.15 Å². The number of thioether (sulfide) groups is 1. The molecule has 1 amide bonds. The van der Waals surface area contributed by atoms with Crippen LogP contribution in [0.1, 0.15) is 17.7 Å². The molecule has 2 aromatic heterocycles. The van der Waals surface area contributed by atoms with E-state index < -0.39 is 0 Å². The fraction of sp³-hybridized carbons (Fsp3) is 0.316. The lowest BCUT2D eigenvalue weighted by Crippen LogP contribution is -2.29. The van der Waals surface area contributed by atoms with Gasteiger partial charge in [0.2, 0.25) is 5.91 Å². The van der Waals surface area contributed by atoms with Crippen LogP contribution in [-0.4, -0.2) is 39.6 Å². The van der Waals surface area contributed by atoms with Crippen LogP contribution in [0.4, 0.5) is 4.39 Å². The van der Waals surface area contributed by atoms with Crippen molar-refractivity contribution in [3.05, 3.63) is 40.1 Å². The van der Waals surface area contributed by atoms with Crippen molar-refractivity contribution in [2.24, 2.45) is 0 Å². The van der Waals surface area contributed by atoms with Gasteiger partial charge in [-0.3, -0.25) is 4.79 Å². The van der Waals surface area contributed by atoms with E-state index in [0.717, 1.165) is 52.2 Å². The van der Waals surface area contributed by atoms with E-state index in [1.807, 2.05) is 11.8 Å². The number of nitrogens with zero attached hydrogens (tertiary/aromatic N) is 3. The maximum Gasteiger partial charge on any atom is 0.233 e. The molecular weight excluding hydrogens is 405 g/mol. The van der Waals surface area contributed by atoms with Crippen molar-refractivity contribution >= 4 is 50.8 Å². The summed E-state index contributed by atoms with van der Waals surface area (Å²) < 4.78 is 13.3. The lowest BCUT2D eigenvalue weighted by Gasteiger charge is -2.14. The molecule has 1 aliphatic heterocycles. The summed E-state index contributed by atoms with van der Waals surface area (Å²) in [6.45, 7) is 3.67. The van der Waals surface area contributed by atoms with E-state index >= 15 is 0 Å². The first kappa shape index (κ1) is 18.7. The Morgan fingerprint density at radius 2 is 1.96 bits per heavy atom. The Labute approximate surface area is 169 Å². The highest BCUT2D eigenvalue weighted by Crippen LogP contribution is 2.41. The molecule has 1 fully saturated rings. The number of carbonyl (C=O) groups excluding carboxylic acids is 1. The Bertz CT molecular complexity index is 1000. The third kappa shape index (κ3) is 3.81. The number of fused-ring (bicyclic) bond motifs is 1. The number of likely N-dealkylation sites (tertiary alicyclic amines) is 1. The molecule has 4 rings (SSSR count). The zero-order chi connectivity index (χ0) is 19.0. The molecule has 140 valence electrons. The molecular formula is C19H17ClFN3OS2. The van der Waals surface area contributed by atoms with E-state index in [9.17, 15) is 9.18 Å². The molecule has 8 heteroatoms. The molecule has 0 spiro atoms. The lowest BCUT2D eigenvalue weighted by molar-refractivity contribution is -0.127. The molecule has 0 radical (unpaired) electrons. The zero-order valence-corrected chi connectivity index (χ0v) is 17.1. The molecule has 0 unspecified atom stereocenters. The molecule has 1 aromatic carbocycles. The van der Waals surface area contributed by atoms with Crippen molar-refractivity contribution in [1.29, 1.82) is 0 Å². The quantitative estimate of drug-likeness (QED) is 0.331. The van der Waals surface area contributed by atoms with Gasteiger partial charge in [-0.25, -0.2) is 14.4 Å². The topological polar surface area (TPSA) is 46.1 Å². The number of aryl methyl sites for hydroxylation is 1. The Morgan fingerprint density at radius 3 is 2.67 bits per heavy atom. The Hall–Kier alpha value is -1.70. The summed E-state index contributed by atoms with van der Waals surface area (Å²) in [5.74, 6) is 0.156. The van der Waals surface area contributed by atoms with E-state index in [1.165, 1.54) is 35.2 Å². The Morgan fingerprint density at radius 1 is 1.26 bits per heavy atom. The van der Waals surface area contributed by atoms with Gasteiger partial charge in [0, 0.05) is 23.5 Å². The van der Waals surface area contributed by atoms with Crippen molar-refractivity contribution < 1.29 is 9.18 Å². The molecule has 0 aliphatic carbocycles. The predicted molar refractivity (Wildman–Crippen MR) is 109 cm³/mol. The summed E-state index contributed by atoms with van der Waals surface area (Å²) in [4.78, 5) is 24.9. The van der Waals surface area contributed by atoms with Crippen molar-refractivity contribution in [2.75, 3.05) is 18.8 Å². The van der Waals surface area contributed by atoms with Gasteiger partial charge in [0.25, 0.3) is 0 Å². The maximum atomic E-state index is 13.3. The van der Waals surface area contributed by atoms with E-state index in [4.69, 9.17) is 11.6 Å². The van der Waals surface area contributed by atoms with Crippen molar-refractivity contribution in [3.8, 4) is 11.1 Å². The number of thiophene rings is 1. The van der Waals surface area contributed by atoms with Gasteiger partial charge in [-0.2, -0.15) is 0 Å². The third-order valence-corrected chi connectivity index (χ3v) is 6.68. The number of aromatic nitrogens is 2. The zero-order valence-electron chi connectivity index (χ0n) is 14.7. The molecule has 1 saturated heterocycles. The van der Waals surface area contributed by atoms with Crippen molar-refractivity contribution in [3.63, 3.8) is 0 Å². The summed E-state index contributed by atoms with van der Waals surface area (Å²) in [5, 5.41) is 1.65. The van der Waals surface area contributed by atoms with Gasteiger partial charge in [0.05, 0.1) is 11.1 Å². The number of benzene rings is 1. The second-order valence-electron chi connectivity index (χ2n) is 6.39. The fourth-order valence-electron chi connectivity index (χ4n) is 3.26. The Balaban J connectivity index is 1.62. The van der Waals surface area contributed by atoms with E-state index in [1.54, 1.807) is 12.1 Å². The Kier molecular flexibility index (Phi) is 5.34. The molecule has 3 heterocycles. The van der Waals surface area contributed by atoms with Crippen LogP contribution < -0.4 is 0 Å². The average molecular weight is 422 g/mol. The highest BCUT2D eigenvalue weighted by molar-refractivity contribution is 7.99. The number of carbonyl (C=O) groups is 1. The van der Waals surface area contributed by atoms with Gasteiger partial charge in [0.15, 0.2) is 5.16 Å². The van der Waals surface area contributed by atoms with E-state index in [-0.39, 0.29) is 11.7 Å². The lowest BCUT2D eigenvalue weighted by atomic mass is 10.0. The first-order valence-electron chi connectivity index (χ1n) is 8.66. The first-order chi connectivity index (χ1) is 13.0. The number of halogens is 2. The van der Waals surface area contributed by atoms with Gasteiger partial charge in [-0.1, -0.05) is 35.5 Å². The highest BCUT2D eigenvalue weighted by atomic mass is 35.5. The largest absolute Gasteiger partial charge is 0.342 e. The smallest absolute Gasteiger partial charge is 0.233 e. The van der Waals surface area contributed by atoms with E-state index in [2.05, 4.69) is 9.97 Å². The fourth-order valence-corrected chi connectivity index (χ4v) is 5.48. The number of hydrogen-bond donors (Lipinski definition) is 0. The van der Waals surface area contributed by atoms with Crippen LogP contribution in [0.5, 0.6) is 0 Å².